The quantitative estimate of drug-likeness (QED) is 0.782. The SMILES string of the molecule is CCc1nc(OC)c(C)c(C(=O)O)n1. The molecule has 0 aromatic carbocycles. The van der Waals surface area contributed by atoms with Gasteiger partial charge in [-0.3, -0.25) is 0 Å². The maximum Gasteiger partial charge on any atom is 0.355 e. The Bertz CT molecular complexity index is 363. The van der Waals surface area contributed by atoms with Crippen LogP contribution in [0.5, 0.6) is 5.88 Å². The zero-order chi connectivity index (χ0) is 10.7. The molecule has 14 heavy (non-hydrogen) atoms. The van der Waals surface area contributed by atoms with Crippen LogP contribution in [0.15, 0.2) is 0 Å². The summed E-state index contributed by atoms with van der Waals surface area (Å²) < 4.78 is 4.96. The van der Waals surface area contributed by atoms with Gasteiger partial charge in [-0.25, -0.2) is 9.78 Å². The molecule has 0 spiro atoms. The van der Waals surface area contributed by atoms with Crippen LogP contribution in [-0.2, 0) is 6.42 Å². The van der Waals surface area contributed by atoms with Crippen molar-refractivity contribution in [2.24, 2.45) is 0 Å². The molecule has 1 heterocycles. The minimum absolute atomic E-state index is 0.00806. The molecule has 0 aliphatic rings. The van der Waals surface area contributed by atoms with Gasteiger partial charge in [-0.15, -0.1) is 0 Å². The molecule has 0 radical (unpaired) electrons. The van der Waals surface area contributed by atoms with Gasteiger partial charge in [-0.2, -0.15) is 4.98 Å². The molecule has 0 unspecified atom stereocenters. The first-order valence-electron chi connectivity index (χ1n) is 4.25. The van der Waals surface area contributed by atoms with Gasteiger partial charge in [0.1, 0.15) is 5.82 Å². The monoisotopic (exact) mass is 196 g/mol. The van der Waals surface area contributed by atoms with Crippen LogP contribution < -0.4 is 4.74 Å². The zero-order valence-corrected chi connectivity index (χ0v) is 8.37. The lowest BCUT2D eigenvalue weighted by Crippen LogP contribution is -2.09. The number of carboxylic acid groups (broad SMARTS) is 1. The van der Waals surface area contributed by atoms with Crippen molar-refractivity contribution in [3.8, 4) is 5.88 Å². The summed E-state index contributed by atoms with van der Waals surface area (Å²) in [6, 6.07) is 0. The van der Waals surface area contributed by atoms with E-state index in [9.17, 15) is 4.79 Å². The normalized spacial score (nSPS) is 9.93. The van der Waals surface area contributed by atoms with E-state index >= 15 is 0 Å². The summed E-state index contributed by atoms with van der Waals surface area (Å²) in [5.41, 5.74) is 0.464. The topological polar surface area (TPSA) is 72.3 Å². The molecule has 0 saturated carbocycles. The van der Waals surface area contributed by atoms with Crippen molar-refractivity contribution in [3.63, 3.8) is 0 Å². The Labute approximate surface area is 81.8 Å². The zero-order valence-electron chi connectivity index (χ0n) is 8.37. The molecule has 5 nitrogen and oxygen atoms in total. The van der Waals surface area contributed by atoms with Crippen LogP contribution in [0.1, 0.15) is 28.8 Å². The Morgan fingerprint density at radius 2 is 2.14 bits per heavy atom. The highest BCUT2D eigenvalue weighted by atomic mass is 16.5. The lowest BCUT2D eigenvalue weighted by Gasteiger charge is -2.07. The minimum atomic E-state index is -1.06. The summed E-state index contributed by atoms with van der Waals surface area (Å²) >= 11 is 0. The van der Waals surface area contributed by atoms with Crippen molar-refractivity contribution in [1.29, 1.82) is 0 Å². The first kappa shape index (κ1) is 10.4. The van der Waals surface area contributed by atoms with Gasteiger partial charge in [-0.05, 0) is 6.92 Å². The summed E-state index contributed by atoms with van der Waals surface area (Å²) in [5, 5.41) is 8.86. The number of methoxy groups -OCH3 is 1. The molecule has 0 bridgehead atoms. The van der Waals surface area contributed by atoms with E-state index in [1.807, 2.05) is 6.92 Å². The predicted molar refractivity (Wildman–Crippen MR) is 49.7 cm³/mol. The minimum Gasteiger partial charge on any atom is -0.481 e. The van der Waals surface area contributed by atoms with Gasteiger partial charge in [-0.1, -0.05) is 6.92 Å². The molecular formula is C9H12N2O3. The average molecular weight is 196 g/mol. The number of hydrogen-bond donors (Lipinski definition) is 1. The number of nitrogens with zero attached hydrogens (tertiary/aromatic N) is 2. The highest BCUT2D eigenvalue weighted by molar-refractivity contribution is 5.87. The van der Waals surface area contributed by atoms with Crippen LogP contribution in [0.25, 0.3) is 0 Å². The fraction of sp³-hybridized carbons (Fsp3) is 0.444. The summed E-state index contributed by atoms with van der Waals surface area (Å²) in [6.45, 7) is 3.48. The summed E-state index contributed by atoms with van der Waals surface area (Å²) in [6.07, 6.45) is 0.580. The lowest BCUT2D eigenvalue weighted by molar-refractivity contribution is 0.0688. The second kappa shape index (κ2) is 4.04. The largest absolute Gasteiger partial charge is 0.481 e. The van der Waals surface area contributed by atoms with Crippen LogP contribution in [0, 0.1) is 6.92 Å². The van der Waals surface area contributed by atoms with E-state index in [1.165, 1.54) is 7.11 Å². The van der Waals surface area contributed by atoms with Gasteiger partial charge in [0.25, 0.3) is 0 Å². The van der Waals surface area contributed by atoms with Crippen LogP contribution >= 0.6 is 0 Å². The average Bonchev–Trinajstić information content (AvgIpc) is 2.17. The Balaban J connectivity index is 3.34. The highest BCUT2D eigenvalue weighted by Crippen LogP contribution is 2.17. The van der Waals surface area contributed by atoms with Gasteiger partial charge >= 0.3 is 5.97 Å². The van der Waals surface area contributed by atoms with Crippen molar-refractivity contribution < 1.29 is 14.6 Å². The van der Waals surface area contributed by atoms with Crippen LogP contribution in [0.2, 0.25) is 0 Å². The maximum absolute atomic E-state index is 10.8. The maximum atomic E-state index is 10.8. The molecule has 1 rings (SSSR count). The Morgan fingerprint density at radius 3 is 2.57 bits per heavy atom. The predicted octanol–water partition coefficient (Wildman–Crippen LogP) is 1.05. The number of carbonyl (C=O) groups is 1. The molecule has 0 amide bonds. The van der Waals surface area contributed by atoms with E-state index in [4.69, 9.17) is 9.84 Å². The molecule has 0 fully saturated rings. The van der Waals surface area contributed by atoms with E-state index < -0.39 is 5.97 Å². The van der Waals surface area contributed by atoms with Gasteiger partial charge in [0.15, 0.2) is 5.69 Å². The van der Waals surface area contributed by atoms with E-state index in [2.05, 4.69) is 9.97 Å². The number of aryl methyl sites for hydroxylation is 1. The summed E-state index contributed by atoms with van der Waals surface area (Å²) in [7, 11) is 1.46. The number of hydrogen-bond acceptors (Lipinski definition) is 4. The molecule has 1 aromatic rings. The Hall–Kier alpha value is -1.65. The van der Waals surface area contributed by atoms with Crippen molar-refractivity contribution in [3.05, 3.63) is 17.1 Å². The molecule has 5 heteroatoms. The van der Waals surface area contributed by atoms with Crippen LogP contribution in [0.4, 0.5) is 0 Å². The van der Waals surface area contributed by atoms with E-state index in [-0.39, 0.29) is 5.69 Å². The first-order chi connectivity index (χ1) is 6.60. The van der Waals surface area contributed by atoms with Crippen molar-refractivity contribution in [2.45, 2.75) is 20.3 Å². The second-order valence-electron chi connectivity index (χ2n) is 2.78. The van der Waals surface area contributed by atoms with Gasteiger partial charge in [0, 0.05) is 12.0 Å². The van der Waals surface area contributed by atoms with Crippen molar-refractivity contribution in [1.82, 2.24) is 9.97 Å². The van der Waals surface area contributed by atoms with Crippen molar-refractivity contribution in [2.75, 3.05) is 7.11 Å². The van der Waals surface area contributed by atoms with Crippen LogP contribution in [-0.4, -0.2) is 28.2 Å². The van der Waals surface area contributed by atoms with E-state index in [0.717, 1.165) is 0 Å². The third-order valence-corrected chi connectivity index (χ3v) is 1.86. The van der Waals surface area contributed by atoms with Gasteiger partial charge in [0.2, 0.25) is 5.88 Å². The van der Waals surface area contributed by atoms with Gasteiger partial charge < -0.3 is 9.84 Å². The number of rotatable bonds is 3. The van der Waals surface area contributed by atoms with E-state index in [1.54, 1.807) is 6.92 Å². The number of ether oxygens (including phenoxy) is 1. The number of aromatic nitrogens is 2. The van der Waals surface area contributed by atoms with Gasteiger partial charge in [0.05, 0.1) is 7.11 Å². The summed E-state index contributed by atoms with van der Waals surface area (Å²) in [5.74, 6) is -0.253. The molecule has 0 aliphatic carbocycles. The van der Waals surface area contributed by atoms with Crippen molar-refractivity contribution >= 4 is 5.97 Å². The van der Waals surface area contributed by atoms with Crippen LogP contribution in [0.3, 0.4) is 0 Å². The first-order valence-corrected chi connectivity index (χ1v) is 4.25. The molecule has 1 aromatic heterocycles. The molecular weight excluding hydrogens is 184 g/mol. The smallest absolute Gasteiger partial charge is 0.355 e. The molecule has 76 valence electrons. The fourth-order valence-corrected chi connectivity index (χ4v) is 1.11. The molecule has 0 saturated heterocycles. The van der Waals surface area contributed by atoms with E-state index in [0.29, 0.717) is 23.7 Å². The summed E-state index contributed by atoms with van der Waals surface area (Å²) in [4.78, 5) is 18.8. The lowest BCUT2D eigenvalue weighted by atomic mass is 10.2. The molecule has 1 N–H and O–H groups in total. The Kier molecular flexibility index (Phi) is 3.01. The standard InChI is InChI=1S/C9H12N2O3/c1-4-6-10-7(9(12)13)5(2)8(11-6)14-3/h4H2,1-3H3,(H,12,13). The Morgan fingerprint density at radius 1 is 1.50 bits per heavy atom. The number of carboxylic acids is 1. The third-order valence-electron chi connectivity index (χ3n) is 1.86. The number of aromatic carboxylic acids is 1. The molecule has 0 atom stereocenters. The fourth-order valence-electron chi connectivity index (χ4n) is 1.11. The second-order valence-corrected chi connectivity index (χ2v) is 2.78. The third kappa shape index (κ3) is 1.81. The molecule has 0 aliphatic heterocycles. The highest BCUT2D eigenvalue weighted by Gasteiger charge is 2.15.